The fourth-order valence-corrected chi connectivity index (χ4v) is 1.56. The monoisotopic (exact) mass is 254 g/mol. The molecule has 0 aliphatic heterocycles. The van der Waals surface area contributed by atoms with E-state index in [0.29, 0.717) is 19.0 Å². The molecular formula is C12H22N4O2. The van der Waals surface area contributed by atoms with E-state index in [1.807, 2.05) is 20.2 Å². The summed E-state index contributed by atoms with van der Waals surface area (Å²) in [6.07, 6.45) is 0. The summed E-state index contributed by atoms with van der Waals surface area (Å²) in [4.78, 5) is 10.9. The van der Waals surface area contributed by atoms with Gasteiger partial charge in [0.2, 0.25) is 0 Å². The van der Waals surface area contributed by atoms with Gasteiger partial charge in [-0.2, -0.15) is 0 Å². The van der Waals surface area contributed by atoms with E-state index in [1.54, 1.807) is 14.2 Å². The second kappa shape index (κ2) is 7.13. The van der Waals surface area contributed by atoms with Crippen molar-refractivity contribution in [1.82, 2.24) is 9.97 Å². The third kappa shape index (κ3) is 3.82. The summed E-state index contributed by atoms with van der Waals surface area (Å²) < 4.78 is 10.2. The molecular weight excluding hydrogens is 232 g/mol. The van der Waals surface area contributed by atoms with Crippen LogP contribution in [-0.4, -0.2) is 50.9 Å². The van der Waals surface area contributed by atoms with Gasteiger partial charge in [-0.05, 0) is 6.92 Å². The van der Waals surface area contributed by atoms with Crippen molar-refractivity contribution < 1.29 is 9.47 Å². The Labute approximate surface area is 108 Å². The van der Waals surface area contributed by atoms with E-state index in [2.05, 4.69) is 27.1 Å². The number of rotatable bonds is 7. The van der Waals surface area contributed by atoms with Gasteiger partial charge < -0.3 is 19.7 Å². The highest BCUT2D eigenvalue weighted by atomic mass is 16.5. The number of aromatic nitrogens is 2. The molecule has 1 rings (SSSR count). The van der Waals surface area contributed by atoms with E-state index in [-0.39, 0.29) is 6.04 Å². The second-order valence-corrected chi connectivity index (χ2v) is 4.13. The molecule has 18 heavy (non-hydrogen) atoms. The summed E-state index contributed by atoms with van der Waals surface area (Å²) in [6.45, 7) is 3.13. The molecule has 0 amide bonds. The predicted octanol–water partition coefficient (Wildman–Crippen LogP) is 1.14. The molecule has 6 nitrogen and oxygen atoms in total. The molecule has 0 saturated heterocycles. The number of methoxy groups -OCH3 is 2. The zero-order chi connectivity index (χ0) is 13.5. The highest BCUT2D eigenvalue weighted by Gasteiger charge is 2.13. The molecule has 0 aromatic carbocycles. The van der Waals surface area contributed by atoms with Gasteiger partial charge in [0.05, 0.1) is 12.6 Å². The first-order valence-electron chi connectivity index (χ1n) is 5.88. The zero-order valence-corrected chi connectivity index (χ0v) is 11.7. The van der Waals surface area contributed by atoms with Crippen LogP contribution in [0.3, 0.4) is 0 Å². The summed E-state index contributed by atoms with van der Waals surface area (Å²) in [5, 5.41) is 3.03. The molecule has 1 aromatic rings. The molecule has 0 spiro atoms. The molecule has 0 radical (unpaired) electrons. The van der Waals surface area contributed by atoms with Crippen LogP contribution in [0.15, 0.2) is 6.07 Å². The lowest BCUT2D eigenvalue weighted by Crippen LogP contribution is -2.33. The third-order valence-electron chi connectivity index (χ3n) is 2.72. The number of hydrogen-bond donors (Lipinski definition) is 1. The quantitative estimate of drug-likeness (QED) is 0.787. The van der Waals surface area contributed by atoms with Gasteiger partial charge in [-0.25, -0.2) is 9.97 Å². The van der Waals surface area contributed by atoms with Gasteiger partial charge >= 0.3 is 0 Å². The van der Waals surface area contributed by atoms with Crippen LogP contribution in [-0.2, 0) is 16.1 Å². The van der Waals surface area contributed by atoms with Crippen molar-refractivity contribution >= 4 is 11.6 Å². The number of hydrogen-bond acceptors (Lipinski definition) is 6. The van der Waals surface area contributed by atoms with Crippen molar-refractivity contribution in [2.75, 3.05) is 45.1 Å². The van der Waals surface area contributed by atoms with Gasteiger partial charge in [0.25, 0.3) is 0 Å². The molecule has 1 unspecified atom stereocenters. The molecule has 102 valence electrons. The molecule has 1 atom stereocenters. The Morgan fingerprint density at radius 1 is 1.33 bits per heavy atom. The molecule has 1 heterocycles. The van der Waals surface area contributed by atoms with Crippen molar-refractivity contribution in [3.8, 4) is 0 Å². The minimum absolute atomic E-state index is 0.241. The summed E-state index contributed by atoms with van der Waals surface area (Å²) >= 11 is 0. The number of anilines is 2. The normalized spacial score (nSPS) is 12.3. The number of nitrogens with zero attached hydrogens (tertiary/aromatic N) is 3. The Bertz CT molecular complexity index is 373. The Morgan fingerprint density at radius 3 is 2.61 bits per heavy atom. The Hall–Kier alpha value is -1.40. The van der Waals surface area contributed by atoms with E-state index in [4.69, 9.17) is 9.47 Å². The Balaban J connectivity index is 2.95. The van der Waals surface area contributed by atoms with Gasteiger partial charge in [0.1, 0.15) is 18.2 Å². The van der Waals surface area contributed by atoms with Crippen molar-refractivity contribution in [3.63, 3.8) is 0 Å². The molecule has 0 saturated carbocycles. The zero-order valence-electron chi connectivity index (χ0n) is 11.7. The van der Waals surface area contributed by atoms with Crippen LogP contribution >= 0.6 is 0 Å². The molecule has 0 bridgehead atoms. The van der Waals surface area contributed by atoms with Crippen LogP contribution in [0.4, 0.5) is 11.6 Å². The second-order valence-electron chi connectivity index (χ2n) is 4.13. The van der Waals surface area contributed by atoms with Gasteiger partial charge in [0.15, 0.2) is 5.82 Å². The van der Waals surface area contributed by atoms with Crippen molar-refractivity contribution in [2.24, 2.45) is 0 Å². The van der Waals surface area contributed by atoms with Crippen LogP contribution in [0.25, 0.3) is 0 Å². The third-order valence-corrected chi connectivity index (χ3v) is 2.72. The average Bonchev–Trinajstić information content (AvgIpc) is 2.38. The Kier molecular flexibility index (Phi) is 5.80. The first-order chi connectivity index (χ1) is 8.62. The lowest BCUT2D eigenvalue weighted by Gasteiger charge is -2.25. The topological polar surface area (TPSA) is 59.5 Å². The molecule has 1 aromatic heterocycles. The minimum atomic E-state index is 0.241. The van der Waals surface area contributed by atoms with E-state index in [1.165, 1.54) is 0 Å². The van der Waals surface area contributed by atoms with E-state index < -0.39 is 0 Å². The van der Waals surface area contributed by atoms with Gasteiger partial charge in [-0.1, -0.05) is 0 Å². The van der Waals surface area contributed by atoms with E-state index in [0.717, 1.165) is 11.6 Å². The maximum absolute atomic E-state index is 5.16. The van der Waals surface area contributed by atoms with Crippen LogP contribution in [0.2, 0.25) is 0 Å². The van der Waals surface area contributed by atoms with Crippen LogP contribution in [0.5, 0.6) is 0 Å². The summed E-state index contributed by atoms with van der Waals surface area (Å²) in [7, 11) is 7.15. The maximum Gasteiger partial charge on any atom is 0.158 e. The van der Waals surface area contributed by atoms with Crippen molar-refractivity contribution in [2.45, 2.75) is 19.6 Å². The van der Waals surface area contributed by atoms with Crippen molar-refractivity contribution in [1.29, 1.82) is 0 Å². The highest BCUT2D eigenvalue weighted by Crippen LogP contribution is 2.17. The lowest BCUT2D eigenvalue weighted by molar-refractivity contribution is 0.177. The fourth-order valence-electron chi connectivity index (χ4n) is 1.56. The smallest absolute Gasteiger partial charge is 0.158 e. The largest absolute Gasteiger partial charge is 0.383 e. The van der Waals surface area contributed by atoms with Gasteiger partial charge in [0, 0.05) is 34.4 Å². The molecule has 0 aliphatic carbocycles. The minimum Gasteiger partial charge on any atom is -0.383 e. The molecule has 1 N–H and O–H groups in total. The predicted molar refractivity (Wildman–Crippen MR) is 72.0 cm³/mol. The summed E-state index contributed by atoms with van der Waals surface area (Å²) in [6, 6.07) is 2.15. The average molecular weight is 254 g/mol. The SMILES string of the molecule is CNc1cc(N(C)C(C)COC)nc(COC)n1. The summed E-state index contributed by atoms with van der Waals surface area (Å²) in [5.41, 5.74) is 0. The summed E-state index contributed by atoms with van der Waals surface area (Å²) in [5.74, 6) is 2.30. The molecule has 0 aliphatic rings. The number of likely N-dealkylation sites (N-methyl/N-ethyl adjacent to an activating group) is 1. The van der Waals surface area contributed by atoms with Crippen LogP contribution in [0, 0.1) is 0 Å². The van der Waals surface area contributed by atoms with Crippen LogP contribution < -0.4 is 10.2 Å². The van der Waals surface area contributed by atoms with E-state index >= 15 is 0 Å². The number of nitrogens with one attached hydrogen (secondary N) is 1. The van der Waals surface area contributed by atoms with E-state index in [9.17, 15) is 0 Å². The number of ether oxygens (including phenoxy) is 2. The molecule has 6 heteroatoms. The first kappa shape index (κ1) is 14.7. The fraction of sp³-hybridized carbons (Fsp3) is 0.667. The van der Waals surface area contributed by atoms with Crippen molar-refractivity contribution in [3.05, 3.63) is 11.9 Å². The van der Waals surface area contributed by atoms with Gasteiger partial charge in [-0.3, -0.25) is 0 Å². The lowest BCUT2D eigenvalue weighted by atomic mass is 10.3. The van der Waals surface area contributed by atoms with Crippen LogP contribution in [0.1, 0.15) is 12.7 Å². The highest BCUT2D eigenvalue weighted by molar-refractivity contribution is 5.49. The first-order valence-corrected chi connectivity index (χ1v) is 5.88. The maximum atomic E-state index is 5.16. The standard InChI is InChI=1S/C12H22N4O2/c1-9(7-17-4)16(3)12-6-10(13-2)14-11(15-12)8-18-5/h6,9H,7-8H2,1-5H3,(H,13,14,15). The molecule has 0 fully saturated rings. The van der Waals surface area contributed by atoms with Gasteiger partial charge in [-0.15, -0.1) is 0 Å². The Morgan fingerprint density at radius 2 is 2.06 bits per heavy atom.